The Morgan fingerprint density at radius 1 is 1.23 bits per heavy atom. The normalized spacial score (nSPS) is 10.7. The van der Waals surface area contributed by atoms with E-state index in [1.165, 1.54) is 0 Å². The number of hydrogen-bond donors (Lipinski definition) is 5. The molecule has 9 heteroatoms. The van der Waals surface area contributed by atoms with Crippen molar-refractivity contribution >= 4 is 34.1 Å². The van der Waals surface area contributed by atoms with Crippen LogP contribution < -0.4 is 28.2 Å². The number of hydrogen-bond acceptors (Lipinski definition) is 6. The fraction of sp³-hybridized carbons (Fsp3) is 0. The molecule has 3 rings (SSSR count). The highest BCUT2D eigenvalue weighted by molar-refractivity contribution is 6.15. The van der Waals surface area contributed by atoms with Crippen LogP contribution in [-0.2, 0) is 0 Å². The summed E-state index contributed by atoms with van der Waals surface area (Å²) in [5.41, 5.74) is 11.5. The number of carbonyl (C=O) groups is 1. The van der Waals surface area contributed by atoms with E-state index in [0.29, 0.717) is 10.4 Å². The zero-order chi connectivity index (χ0) is 15.9. The largest absolute Gasteiger partial charge is 0.383 e. The Morgan fingerprint density at radius 2 is 1.91 bits per heavy atom. The molecule has 2 aromatic heterocycles. The van der Waals surface area contributed by atoms with Gasteiger partial charge in [-0.15, -0.1) is 0 Å². The van der Waals surface area contributed by atoms with Crippen molar-refractivity contribution < 1.29 is 4.79 Å². The number of nitrogens with zero attached hydrogens (tertiary/aromatic N) is 2. The summed E-state index contributed by atoms with van der Waals surface area (Å²) in [5, 5.41) is 8.98. The van der Waals surface area contributed by atoms with E-state index >= 15 is 0 Å². The number of amides is 1. The number of benzene rings is 1. The Labute approximate surface area is 123 Å². The molecule has 0 saturated carbocycles. The Kier molecular flexibility index (Phi) is 2.95. The van der Waals surface area contributed by atoms with Crippen molar-refractivity contribution in [1.82, 2.24) is 14.9 Å². The maximum Gasteiger partial charge on any atom is 0.283 e. The summed E-state index contributed by atoms with van der Waals surface area (Å²) in [4.78, 5) is 24.5. The predicted molar refractivity (Wildman–Crippen MR) is 83.7 cm³/mol. The van der Waals surface area contributed by atoms with Crippen molar-refractivity contribution in [1.29, 1.82) is 0 Å². The van der Waals surface area contributed by atoms with Crippen molar-refractivity contribution in [2.24, 2.45) is 0 Å². The Bertz CT molecular complexity index is 927. The minimum absolute atomic E-state index is 0.00477. The molecule has 8 N–H and O–H groups in total. The van der Waals surface area contributed by atoms with Crippen molar-refractivity contribution in [3.05, 3.63) is 46.2 Å². The van der Waals surface area contributed by atoms with Gasteiger partial charge < -0.3 is 22.6 Å². The molecule has 1 amide bonds. The molecule has 1 aromatic carbocycles. The first-order valence-corrected chi connectivity index (χ1v) is 6.30. The zero-order valence-electron chi connectivity index (χ0n) is 11.3. The number of nitrogen functional groups attached to an aromatic ring is 3. The van der Waals surface area contributed by atoms with Crippen LogP contribution >= 0.6 is 0 Å². The van der Waals surface area contributed by atoms with E-state index in [-0.39, 0.29) is 28.1 Å². The molecule has 3 aromatic rings. The van der Waals surface area contributed by atoms with Gasteiger partial charge in [0.05, 0.1) is 5.52 Å². The van der Waals surface area contributed by atoms with E-state index in [1.807, 2.05) is 6.07 Å². The molecule has 0 unspecified atom stereocenters. The summed E-state index contributed by atoms with van der Waals surface area (Å²) in [6.45, 7) is 0. The van der Waals surface area contributed by atoms with Crippen LogP contribution in [0.15, 0.2) is 35.1 Å². The van der Waals surface area contributed by atoms with Gasteiger partial charge in [0.25, 0.3) is 11.5 Å². The predicted octanol–water partition coefficient (Wildman–Crippen LogP) is -0.145. The molecule has 0 atom stereocenters. The molecule has 0 saturated heterocycles. The Balaban J connectivity index is 2.18. The standard InChI is InChI=1S/C13H13N7O2/c14-10-7-9(18-19-10)8(11(15)20(16)13(7)22)12(21)17-6-4-2-1-3-5-6/h1-5H,15-16H2,(H,17,21)(H3,14,18,19). The second-order valence-electron chi connectivity index (χ2n) is 4.61. The highest BCUT2D eigenvalue weighted by Crippen LogP contribution is 2.23. The van der Waals surface area contributed by atoms with E-state index in [0.717, 1.165) is 0 Å². The molecule has 2 heterocycles. The van der Waals surface area contributed by atoms with Crippen LogP contribution in [-0.4, -0.2) is 20.8 Å². The maximum atomic E-state index is 12.5. The van der Waals surface area contributed by atoms with Crippen molar-refractivity contribution in [2.75, 3.05) is 22.6 Å². The number of aromatic nitrogens is 3. The van der Waals surface area contributed by atoms with Crippen LogP contribution in [0.3, 0.4) is 0 Å². The van der Waals surface area contributed by atoms with Crippen LogP contribution in [0.25, 0.3) is 10.9 Å². The van der Waals surface area contributed by atoms with Crippen LogP contribution in [0.2, 0.25) is 0 Å². The van der Waals surface area contributed by atoms with Crippen LogP contribution in [0.4, 0.5) is 17.3 Å². The van der Waals surface area contributed by atoms with Gasteiger partial charge in [-0.2, -0.15) is 5.10 Å². The quantitative estimate of drug-likeness (QED) is 0.414. The molecule has 0 aliphatic heterocycles. The number of anilines is 3. The Morgan fingerprint density at radius 3 is 2.59 bits per heavy atom. The third kappa shape index (κ3) is 1.92. The lowest BCUT2D eigenvalue weighted by Gasteiger charge is -2.11. The summed E-state index contributed by atoms with van der Waals surface area (Å²) in [6, 6.07) is 8.78. The summed E-state index contributed by atoms with van der Waals surface area (Å²) in [6.07, 6.45) is 0. The van der Waals surface area contributed by atoms with Gasteiger partial charge in [0.1, 0.15) is 16.8 Å². The van der Waals surface area contributed by atoms with Crippen molar-refractivity contribution in [3.63, 3.8) is 0 Å². The molecule has 0 spiro atoms. The summed E-state index contributed by atoms with van der Waals surface area (Å²) < 4.78 is 0.675. The van der Waals surface area contributed by atoms with E-state index in [9.17, 15) is 9.59 Å². The molecule has 0 bridgehead atoms. The van der Waals surface area contributed by atoms with Gasteiger partial charge in [-0.1, -0.05) is 18.2 Å². The number of aromatic amines is 1. The SMILES string of the molecule is Nc1n[nH]c2c(C(=O)Nc3ccccc3)c(N)n(N)c(=O)c12. The monoisotopic (exact) mass is 299 g/mol. The number of nitrogens with one attached hydrogen (secondary N) is 2. The lowest BCUT2D eigenvalue weighted by Crippen LogP contribution is -2.32. The van der Waals surface area contributed by atoms with E-state index in [2.05, 4.69) is 15.5 Å². The molecule has 0 fully saturated rings. The second kappa shape index (κ2) is 4.81. The fourth-order valence-corrected chi connectivity index (χ4v) is 2.18. The van der Waals surface area contributed by atoms with E-state index < -0.39 is 11.5 Å². The molecular weight excluding hydrogens is 286 g/mol. The lowest BCUT2D eigenvalue weighted by atomic mass is 10.1. The van der Waals surface area contributed by atoms with Crippen molar-refractivity contribution in [2.45, 2.75) is 0 Å². The van der Waals surface area contributed by atoms with Crippen LogP contribution in [0, 0.1) is 0 Å². The van der Waals surface area contributed by atoms with Gasteiger partial charge >= 0.3 is 0 Å². The van der Waals surface area contributed by atoms with Crippen molar-refractivity contribution in [3.8, 4) is 0 Å². The number of nitrogens with two attached hydrogens (primary N) is 3. The third-order valence-electron chi connectivity index (χ3n) is 3.25. The highest BCUT2D eigenvalue weighted by atomic mass is 16.2. The summed E-state index contributed by atoms with van der Waals surface area (Å²) in [5.74, 6) is 4.85. The van der Waals surface area contributed by atoms with Gasteiger partial charge in [0, 0.05) is 5.69 Å². The zero-order valence-corrected chi connectivity index (χ0v) is 11.3. The minimum Gasteiger partial charge on any atom is -0.383 e. The van der Waals surface area contributed by atoms with Gasteiger partial charge in [-0.3, -0.25) is 14.7 Å². The molecule has 0 aliphatic carbocycles. The average Bonchev–Trinajstić information content (AvgIpc) is 2.88. The first-order chi connectivity index (χ1) is 10.5. The Hall–Kier alpha value is -3.49. The lowest BCUT2D eigenvalue weighted by molar-refractivity contribution is 0.102. The number of fused-ring (bicyclic) bond motifs is 1. The first-order valence-electron chi connectivity index (χ1n) is 6.30. The highest BCUT2D eigenvalue weighted by Gasteiger charge is 2.23. The van der Waals surface area contributed by atoms with Gasteiger partial charge in [0.2, 0.25) is 0 Å². The van der Waals surface area contributed by atoms with Gasteiger partial charge in [-0.05, 0) is 12.1 Å². The number of carbonyl (C=O) groups excluding carboxylic acids is 1. The number of pyridine rings is 1. The van der Waals surface area contributed by atoms with Gasteiger partial charge in [0.15, 0.2) is 5.82 Å². The molecule has 9 nitrogen and oxygen atoms in total. The van der Waals surface area contributed by atoms with Gasteiger partial charge in [-0.25, -0.2) is 4.68 Å². The first kappa shape index (κ1) is 13.5. The minimum atomic E-state index is -0.630. The van der Waals surface area contributed by atoms with E-state index in [4.69, 9.17) is 17.3 Å². The maximum absolute atomic E-state index is 12.5. The second-order valence-corrected chi connectivity index (χ2v) is 4.61. The summed E-state index contributed by atoms with van der Waals surface area (Å²) in [7, 11) is 0. The van der Waals surface area contributed by atoms with Crippen LogP contribution in [0.1, 0.15) is 10.4 Å². The average molecular weight is 299 g/mol. The van der Waals surface area contributed by atoms with Crippen LogP contribution in [0.5, 0.6) is 0 Å². The molecular formula is C13H13N7O2. The molecule has 22 heavy (non-hydrogen) atoms. The molecule has 0 aliphatic rings. The molecule has 0 radical (unpaired) electrons. The summed E-state index contributed by atoms with van der Waals surface area (Å²) >= 11 is 0. The smallest absolute Gasteiger partial charge is 0.283 e. The number of H-pyrrole nitrogens is 1. The number of para-hydroxylation sites is 1. The number of rotatable bonds is 2. The third-order valence-corrected chi connectivity index (χ3v) is 3.25. The van der Waals surface area contributed by atoms with E-state index in [1.54, 1.807) is 24.3 Å². The topological polar surface area (TPSA) is 158 Å². The molecule has 112 valence electrons. The fourth-order valence-electron chi connectivity index (χ4n) is 2.18.